The first-order chi connectivity index (χ1) is 9.90. The van der Waals surface area contributed by atoms with Gasteiger partial charge in [0.15, 0.2) is 0 Å². The van der Waals surface area contributed by atoms with Crippen molar-refractivity contribution in [3.63, 3.8) is 0 Å². The number of anilines is 1. The first-order valence-corrected chi connectivity index (χ1v) is 7.08. The largest absolute Gasteiger partial charge is 0.380 e. The highest BCUT2D eigenvalue weighted by atomic mass is 35.5. The molecule has 0 saturated carbocycles. The maximum atomic E-state index is 10.9. The van der Waals surface area contributed by atoms with E-state index in [-0.39, 0.29) is 10.6 Å². The van der Waals surface area contributed by atoms with Crippen LogP contribution in [0.3, 0.4) is 0 Å². The Balaban J connectivity index is 2.23. The number of rotatable bonds is 4. The second kappa shape index (κ2) is 6.33. The van der Waals surface area contributed by atoms with Crippen LogP contribution in [0.25, 0.3) is 0 Å². The van der Waals surface area contributed by atoms with E-state index in [4.69, 9.17) is 23.2 Å². The molecule has 6 heteroatoms. The Labute approximate surface area is 132 Å². The Hall–Kier alpha value is -1.78. The van der Waals surface area contributed by atoms with Crippen molar-refractivity contribution < 1.29 is 4.92 Å². The molecule has 0 aliphatic carbocycles. The zero-order valence-electron chi connectivity index (χ0n) is 11.6. The summed E-state index contributed by atoms with van der Waals surface area (Å²) in [5.41, 5.74) is 3.21. The number of nitro groups is 1. The Morgan fingerprint density at radius 3 is 2.57 bits per heavy atom. The maximum Gasteiger partial charge on any atom is 0.272 e. The van der Waals surface area contributed by atoms with E-state index in [1.807, 2.05) is 13.0 Å². The quantitative estimate of drug-likeness (QED) is 0.626. The lowest BCUT2D eigenvalue weighted by atomic mass is 10.1. The predicted molar refractivity (Wildman–Crippen MR) is 86.4 cm³/mol. The Bertz CT molecular complexity index is 702. The number of nitrogens with one attached hydrogen (secondary N) is 1. The average molecular weight is 325 g/mol. The van der Waals surface area contributed by atoms with E-state index in [1.54, 1.807) is 25.1 Å². The lowest BCUT2D eigenvalue weighted by Gasteiger charge is -2.12. The van der Waals surface area contributed by atoms with Gasteiger partial charge in [-0.05, 0) is 37.1 Å². The van der Waals surface area contributed by atoms with Crippen molar-refractivity contribution in [3.8, 4) is 0 Å². The van der Waals surface area contributed by atoms with Crippen LogP contribution in [0.15, 0.2) is 30.3 Å². The van der Waals surface area contributed by atoms with Crippen LogP contribution in [0.5, 0.6) is 0 Å². The van der Waals surface area contributed by atoms with Crippen molar-refractivity contribution in [2.24, 2.45) is 0 Å². The molecule has 0 unspecified atom stereocenters. The van der Waals surface area contributed by atoms with E-state index in [0.717, 1.165) is 11.1 Å². The molecule has 110 valence electrons. The van der Waals surface area contributed by atoms with Crippen LogP contribution in [0.1, 0.15) is 16.7 Å². The normalized spacial score (nSPS) is 10.5. The van der Waals surface area contributed by atoms with Crippen LogP contribution < -0.4 is 5.32 Å². The van der Waals surface area contributed by atoms with Crippen molar-refractivity contribution in [1.82, 2.24) is 0 Å². The molecule has 2 aromatic carbocycles. The summed E-state index contributed by atoms with van der Waals surface area (Å²) in [5.74, 6) is 0. The van der Waals surface area contributed by atoms with Crippen molar-refractivity contribution >= 4 is 34.6 Å². The molecule has 1 N–H and O–H groups in total. The van der Waals surface area contributed by atoms with Crippen molar-refractivity contribution in [2.45, 2.75) is 20.4 Å². The minimum atomic E-state index is -0.380. The topological polar surface area (TPSA) is 55.2 Å². The van der Waals surface area contributed by atoms with E-state index in [1.165, 1.54) is 6.07 Å². The number of halogens is 2. The fraction of sp³-hybridized carbons (Fsp3) is 0.200. The number of hydrogen-bond acceptors (Lipinski definition) is 3. The van der Waals surface area contributed by atoms with Gasteiger partial charge >= 0.3 is 0 Å². The fourth-order valence-electron chi connectivity index (χ4n) is 2.03. The molecule has 2 rings (SSSR count). The van der Waals surface area contributed by atoms with Crippen LogP contribution in [0.4, 0.5) is 11.4 Å². The summed E-state index contributed by atoms with van der Waals surface area (Å²) in [7, 11) is 0. The third kappa shape index (κ3) is 3.46. The molecule has 0 aromatic heterocycles. The highest BCUT2D eigenvalue weighted by Crippen LogP contribution is 2.30. The number of aryl methyl sites for hydroxylation is 1. The first kappa shape index (κ1) is 15.6. The van der Waals surface area contributed by atoms with Gasteiger partial charge in [-0.3, -0.25) is 10.1 Å². The summed E-state index contributed by atoms with van der Waals surface area (Å²) in [6.07, 6.45) is 0. The molecular weight excluding hydrogens is 311 g/mol. The predicted octanol–water partition coefficient (Wildman–Crippen LogP) is 5.13. The van der Waals surface area contributed by atoms with Gasteiger partial charge in [0.05, 0.1) is 15.6 Å². The molecule has 0 heterocycles. The molecule has 0 radical (unpaired) electrons. The van der Waals surface area contributed by atoms with Crippen LogP contribution in [0, 0.1) is 24.0 Å². The van der Waals surface area contributed by atoms with Crippen LogP contribution in [-0.4, -0.2) is 4.92 Å². The van der Waals surface area contributed by atoms with Crippen molar-refractivity contribution in [2.75, 3.05) is 5.32 Å². The smallest absolute Gasteiger partial charge is 0.272 e. The van der Waals surface area contributed by atoms with Crippen LogP contribution in [0.2, 0.25) is 10.0 Å². The minimum Gasteiger partial charge on any atom is -0.380 e. The average Bonchev–Trinajstić information content (AvgIpc) is 2.42. The van der Waals surface area contributed by atoms with Gasteiger partial charge < -0.3 is 5.32 Å². The zero-order chi connectivity index (χ0) is 15.6. The van der Waals surface area contributed by atoms with Gasteiger partial charge in [0, 0.05) is 23.2 Å². The van der Waals surface area contributed by atoms with Gasteiger partial charge in [0.1, 0.15) is 0 Å². The molecule has 0 saturated heterocycles. The standard InChI is InChI=1S/C15H14Cl2N2O2/c1-9-6-13(17)14(7-12(9)16)18-8-11-4-3-5-15(10(11)2)19(20)21/h3-7,18H,8H2,1-2H3. The summed E-state index contributed by atoms with van der Waals surface area (Å²) < 4.78 is 0. The van der Waals surface area contributed by atoms with E-state index in [2.05, 4.69) is 5.32 Å². The third-order valence-electron chi connectivity index (χ3n) is 3.33. The summed E-state index contributed by atoms with van der Waals surface area (Å²) in [6.45, 7) is 4.05. The van der Waals surface area contributed by atoms with E-state index >= 15 is 0 Å². The molecule has 0 aliphatic rings. The highest BCUT2D eigenvalue weighted by molar-refractivity contribution is 6.35. The van der Waals surface area contributed by atoms with E-state index < -0.39 is 0 Å². The number of benzene rings is 2. The monoisotopic (exact) mass is 324 g/mol. The maximum absolute atomic E-state index is 10.9. The Kier molecular flexibility index (Phi) is 4.70. The van der Waals surface area contributed by atoms with Crippen LogP contribution >= 0.6 is 23.2 Å². The lowest BCUT2D eigenvalue weighted by molar-refractivity contribution is -0.385. The van der Waals surface area contributed by atoms with Gasteiger partial charge in [-0.2, -0.15) is 0 Å². The zero-order valence-corrected chi connectivity index (χ0v) is 13.1. The van der Waals surface area contributed by atoms with Gasteiger partial charge in [-0.25, -0.2) is 0 Å². The fourth-order valence-corrected chi connectivity index (χ4v) is 2.48. The second-order valence-electron chi connectivity index (χ2n) is 4.75. The molecule has 2 aromatic rings. The molecular formula is C15H14Cl2N2O2. The SMILES string of the molecule is Cc1cc(Cl)c(NCc2cccc([N+](=O)[O-])c2C)cc1Cl. The second-order valence-corrected chi connectivity index (χ2v) is 5.57. The van der Waals surface area contributed by atoms with Gasteiger partial charge in [0.2, 0.25) is 0 Å². The molecule has 0 amide bonds. The highest BCUT2D eigenvalue weighted by Gasteiger charge is 2.13. The molecule has 0 fully saturated rings. The van der Waals surface area contributed by atoms with Gasteiger partial charge in [-0.1, -0.05) is 35.3 Å². The molecule has 0 aliphatic heterocycles. The van der Waals surface area contributed by atoms with Gasteiger partial charge in [-0.15, -0.1) is 0 Å². The van der Waals surface area contributed by atoms with Crippen molar-refractivity contribution in [3.05, 3.63) is 67.2 Å². The number of hydrogen-bond donors (Lipinski definition) is 1. The number of nitrogens with zero attached hydrogens (tertiary/aromatic N) is 1. The molecule has 0 spiro atoms. The molecule has 4 nitrogen and oxygen atoms in total. The molecule has 21 heavy (non-hydrogen) atoms. The Morgan fingerprint density at radius 2 is 1.90 bits per heavy atom. The van der Waals surface area contributed by atoms with Gasteiger partial charge in [0.25, 0.3) is 5.69 Å². The summed E-state index contributed by atoms with van der Waals surface area (Å²) in [6, 6.07) is 8.55. The van der Waals surface area contributed by atoms with E-state index in [9.17, 15) is 10.1 Å². The van der Waals surface area contributed by atoms with E-state index in [0.29, 0.717) is 27.8 Å². The molecule has 0 atom stereocenters. The summed E-state index contributed by atoms with van der Waals surface area (Å²) in [4.78, 5) is 10.6. The third-order valence-corrected chi connectivity index (χ3v) is 4.05. The number of nitro benzene ring substituents is 1. The molecule has 0 bridgehead atoms. The first-order valence-electron chi connectivity index (χ1n) is 6.32. The van der Waals surface area contributed by atoms with Crippen molar-refractivity contribution in [1.29, 1.82) is 0 Å². The summed E-state index contributed by atoms with van der Waals surface area (Å²) >= 11 is 12.2. The minimum absolute atomic E-state index is 0.113. The van der Waals surface area contributed by atoms with Crippen LogP contribution in [-0.2, 0) is 6.54 Å². The lowest BCUT2D eigenvalue weighted by Crippen LogP contribution is -2.04. The Morgan fingerprint density at radius 1 is 1.19 bits per heavy atom. The summed E-state index contributed by atoms with van der Waals surface area (Å²) in [5, 5.41) is 15.3.